The van der Waals surface area contributed by atoms with Gasteiger partial charge in [-0.2, -0.15) is 5.26 Å². The smallest absolute Gasteiger partial charge is 0.225 e. The van der Waals surface area contributed by atoms with E-state index in [1.54, 1.807) is 13.2 Å². The minimum atomic E-state index is 0.0102. The van der Waals surface area contributed by atoms with Gasteiger partial charge >= 0.3 is 0 Å². The number of amides is 1. The van der Waals surface area contributed by atoms with Crippen LogP contribution in [0.5, 0.6) is 5.75 Å². The topological polar surface area (TPSA) is 74.2 Å². The lowest BCUT2D eigenvalue weighted by molar-refractivity contribution is -0.129. The van der Waals surface area contributed by atoms with Crippen LogP contribution in [-0.2, 0) is 4.79 Å². The number of nitriles is 1. The third kappa shape index (κ3) is 3.42. The van der Waals surface area contributed by atoms with Crippen molar-refractivity contribution in [2.45, 2.75) is 38.1 Å². The van der Waals surface area contributed by atoms with Crippen molar-refractivity contribution in [3.8, 4) is 11.8 Å². The SMILES string of the molecule is COc1cc(NCC2CC3CCCCC3NC2=O)ccc1C#N. The van der Waals surface area contributed by atoms with Gasteiger partial charge in [0.2, 0.25) is 5.91 Å². The van der Waals surface area contributed by atoms with Gasteiger partial charge in [0.25, 0.3) is 0 Å². The van der Waals surface area contributed by atoms with Gasteiger partial charge in [0.15, 0.2) is 0 Å². The van der Waals surface area contributed by atoms with Crippen molar-refractivity contribution in [3.05, 3.63) is 23.8 Å². The van der Waals surface area contributed by atoms with E-state index >= 15 is 0 Å². The van der Waals surface area contributed by atoms with Gasteiger partial charge in [-0.25, -0.2) is 0 Å². The number of hydrogen-bond acceptors (Lipinski definition) is 4. The predicted molar refractivity (Wildman–Crippen MR) is 88.2 cm³/mol. The molecular weight excluding hydrogens is 290 g/mol. The minimum Gasteiger partial charge on any atom is -0.495 e. The van der Waals surface area contributed by atoms with Crippen molar-refractivity contribution in [2.75, 3.05) is 19.0 Å². The van der Waals surface area contributed by atoms with Crippen molar-refractivity contribution in [3.63, 3.8) is 0 Å². The molecule has 1 amide bonds. The molecule has 0 radical (unpaired) electrons. The normalized spacial score (nSPS) is 26.6. The average molecular weight is 313 g/mol. The Morgan fingerprint density at radius 1 is 1.39 bits per heavy atom. The van der Waals surface area contributed by atoms with E-state index in [0.29, 0.717) is 29.8 Å². The fourth-order valence-corrected chi connectivity index (χ4v) is 3.76. The third-order valence-electron chi connectivity index (χ3n) is 5.07. The maximum atomic E-state index is 12.3. The molecule has 122 valence electrons. The largest absolute Gasteiger partial charge is 0.495 e. The monoisotopic (exact) mass is 313 g/mol. The number of methoxy groups -OCH3 is 1. The summed E-state index contributed by atoms with van der Waals surface area (Å²) >= 11 is 0. The zero-order chi connectivity index (χ0) is 16.2. The van der Waals surface area contributed by atoms with Gasteiger partial charge in [-0.1, -0.05) is 12.8 Å². The molecule has 1 heterocycles. The maximum absolute atomic E-state index is 12.3. The van der Waals surface area contributed by atoms with E-state index < -0.39 is 0 Å². The number of anilines is 1. The first-order chi connectivity index (χ1) is 11.2. The number of rotatable bonds is 4. The van der Waals surface area contributed by atoms with Crippen LogP contribution in [0.2, 0.25) is 0 Å². The molecule has 1 aliphatic heterocycles. The molecule has 3 unspecified atom stereocenters. The lowest BCUT2D eigenvalue weighted by Gasteiger charge is -2.39. The molecule has 2 aliphatic rings. The van der Waals surface area contributed by atoms with Crippen LogP contribution in [0, 0.1) is 23.2 Å². The highest BCUT2D eigenvalue weighted by Crippen LogP contribution is 2.33. The fraction of sp³-hybridized carbons (Fsp3) is 0.556. The highest BCUT2D eigenvalue weighted by Gasteiger charge is 2.36. The highest BCUT2D eigenvalue weighted by atomic mass is 16.5. The summed E-state index contributed by atoms with van der Waals surface area (Å²) in [6.45, 7) is 0.615. The molecule has 5 heteroatoms. The molecule has 0 aromatic heterocycles. The summed E-state index contributed by atoms with van der Waals surface area (Å²) in [5.41, 5.74) is 1.39. The molecule has 1 saturated carbocycles. The van der Waals surface area contributed by atoms with Crippen LogP contribution in [0.15, 0.2) is 18.2 Å². The number of ether oxygens (including phenoxy) is 1. The van der Waals surface area contributed by atoms with E-state index in [9.17, 15) is 4.79 Å². The summed E-state index contributed by atoms with van der Waals surface area (Å²) in [6, 6.07) is 7.89. The molecule has 5 nitrogen and oxygen atoms in total. The van der Waals surface area contributed by atoms with E-state index in [4.69, 9.17) is 10.00 Å². The Bertz CT molecular complexity index is 623. The Balaban J connectivity index is 1.61. The first-order valence-corrected chi connectivity index (χ1v) is 8.33. The number of nitrogens with zero attached hydrogens (tertiary/aromatic N) is 1. The molecule has 3 rings (SSSR count). The molecule has 2 fully saturated rings. The second-order valence-corrected chi connectivity index (χ2v) is 6.50. The van der Waals surface area contributed by atoms with Crippen LogP contribution in [0.4, 0.5) is 5.69 Å². The highest BCUT2D eigenvalue weighted by molar-refractivity contribution is 5.80. The molecule has 2 N–H and O–H groups in total. The lowest BCUT2D eigenvalue weighted by atomic mass is 9.76. The molecule has 1 aliphatic carbocycles. The van der Waals surface area contributed by atoms with Crippen molar-refractivity contribution < 1.29 is 9.53 Å². The Kier molecular flexibility index (Phi) is 4.71. The van der Waals surface area contributed by atoms with Gasteiger partial charge < -0.3 is 15.4 Å². The number of benzene rings is 1. The number of nitrogens with one attached hydrogen (secondary N) is 2. The molecule has 1 aromatic rings. The second-order valence-electron chi connectivity index (χ2n) is 6.50. The Hall–Kier alpha value is -2.22. The van der Waals surface area contributed by atoms with Crippen molar-refractivity contribution in [1.29, 1.82) is 5.26 Å². The van der Waals surface area contributed by atoms with Crippen LogP contribution in [0.25, 0.3) is 0 Å². The number of piperidine rings is 1. The standard InChI is InChI=1S/C18H23N3O2/c1-23-17-9-15(7-6-13(17)10-19)20-11-14-8-12-4-2-3-5-16(12)21-18(14)22/h6-7,9,12,14,16,20H,2-5,8,11H2,1H3,(H,21,22). The summed E-state index contributed by atoms with van der Waals surface area (Å²) in [7, 11) is 1.55. The summed E-state index contributed by atoms with van der Waals surface area (Å²) in [4.78, 5) is 12.3. The summed E-state index contributed by atoms with van der Waals surface area (Å²) in [5.74, 6) is 1.36. The van der Waals surface area contributed by atoms with Crippen LogP contribution >= 0.6 is 0 Å². The first kappa shape index (κ1) is 15.7. The van der Waals surface area contributed by atoms with Crippen LogP contribution in [-0.4, -0.2) is 25.6 Å². The maximum Gasteiger partial charge on any atom is 0.225 e. The zero-order valence-electron chi connectivity index (χ0n) is 13.5. The number of fused-ring (bicyclic) bond motifs is 1. The van der Waals surface area contributed by atoms with Gasteiger partial charge in [-0.05, 0) is 37.3 Å². The summed E-state index contributed by atoms with van der Waals surface area (Å²) in [6.07, 6.45) is 5.84. The molecule has 23 heavy (non-hydrogen) atoms. The number of carbonyl (C=O) groups is 1. The van der Waals surface area contributed by atoms with Crippen molar-refractivity contribution in [1.82, 2.24) is 5.32 Å². The van der Waals surface area contributed by atoms with Gasteiger partial charge in [0.1, 0.15) is 11.8 Å². The summed E-state index contributed by atoms with van der Waals surface area (Å²) < 4.78 is 5.22. The molecule has 1 aromatic carbocycles. The third-order valence-corrected chi connectivity index (χ3v) is 5.07. The van der Waals surface area contributed by atoms with Gasteiger partial charge in [0, 0.05) is 24.3 Å². The van der Waals surface area contributed by atoms with E-state index in [-0.39, 0.29) is 11.8 Å². The van der Waals surface area contributed by atoms with Crippen LogP contribution in [0.1, 0.15) is 37.7 Å². The van der Waals surface area contributed by atoms with Gasteiger partial charge in [-0.15, -0.1) is 0 Å². The molecule has 1 saturated heterocycles. The quantitative estimate of drug-likeness (QED) is 0.896. The van der Waals surface area contributed by atoms with E-state index in [2.05, 4.69) is 16.7 Å². The first-order valence-electron chi connectivity index (χ1n) is 8.33. The average Bonchev–Trinajstić information content (AvgIpc) is 2.59. The van der Waals surface area contributed by atoms with Gasteiger partial charge in [-0.3, -0.25) is 4.79 Å². The predicted octanol–water partition coefficient (Wildman–Crippen LogP) is 2.67. The lowest BCUT2D eigenvalue weighted by Crippen LogP contribution is -2.52. The minimum absolute atomic E-state index is 0.0102. The van der Waals surface area contributed by atoms with Crippen molar-refractivity contribution >= 4 is 11.6 Å². The second kappa shape index (κ2) is 6.91. The molecule has 0 bridgehead atoms. The molecule has 0 spiro atoms. The summed E-state index contributed by atoms with van der Waals surface area (Å²) in [5, 5.41) is 15.5. The molecule has 3 atom stereocenters. The Labute approximate surface area is 137 Å². The Morgan fingerprint density at radius 3 is 3.00 bits per heavy atom. The number of carbonyl (C=O) groups excluding carboxylic acids is 1. The fourth-order valence-electron chi connectivity index (χ4n) is 3.76. The number of hydrogen-bond donors (Lipinski definition) is 2. The van der Waals surface area contributed by atoms with Crippen molar-refractivity contribution in [2.24, 2.45) is 11.8 Å². The zero-order valence-corrected chi connectivity index (χ0v) is 13.5. The van der Waals surface area contributed by atoms with Crippen LogP contribution in [0.3, 0.4) is 0 Å². The van der Waals surface area contributed by atoms with E-state index in [1.807, 2.05) is 12.1 Å². The van der Waals surface area contributed by atoms with E-state index in [1.165, 1.54) is 19.3 Å². The van der Waals surface area contributed by atoms with Crippen LogP contribution < -0.4 is 15.4 Å². The molecular formula is C18H23N3O2. The van der Waals surface area contributed by atoms with Gasteiger partial charge in [0.05, 0.1) is 18.6 Å². The Morgan fingerprint density at radius 2 is 2.22 bits per heavy atom. The van der Waals surface area contributed by atoms with E-state index in [0.717, 1.165) is 18.5 Å².